The average molecular weight is 412 g/mol. The van der Waals surface area contributed by atoms with Gasteiger partial charge in [-0.2, -0.15) is 0 Å². The lowest BCUT2D eigenvalue weighted by Gasteiger charge is -2.25. The zero-order valence-corrected chi connectivity index (χ0v) is 17.6. The van der Waals surface area contributed by atoms with Crippen LogP contribution in [0, 0.1) is 0 Å². The highest BCUT2D eigenvalue weighted by Crippen LogP contribution is 2.42. The van der Waals surface area contributed by atoms with Gasteiger partial charge < -0.3 is 20.1 Å². The summed E-state index contributed by atoms with van der Waals surface area (Å²) in [7, 11) is 0. The number of fused-ring (bicyclic) bond motifs is 1. The Morgan fingerprint density at radius 3 is 2.43 bits per heavy atom. The van der Waals surface area contributed by atoms with Crippen LogP contribution in [0.5, 0.6) is 0 Å². The van der Waals surface area contributed by atoms with Crippen molar-refractivity contribution >= 4 is 11.9 Å². The minimum Gasteiger partial charge on any atom is -0.394 e. The van der Waals surface area contributed by atoms with Crippen LogP contribution < -0.4 is 0 Å². The molecule has 160 valence electrons. The van der Waals surface area contributed by atoms with Crippen molar-refractivity contribution in [1.29, 1.82) is 0 Å². The minimum absolute atomic E-state index is 0.0599. The van der Waals surface area contributed by atoms with Crippen LogP contribution in [0.2, 0.25) is 0 Å². The molecule has 0 radical (unpaired) electrons. The van der Waals surface area contributed by atoms with Crippen molar-refractivity contribution in [3.63, 3.8) is 0 Å². The molecule has 7 heteroatoms. The molecule has 0 bridgehead atoms. The third kappa shape index (κ3) is 3.78. The number of nitrogens with zero attached hydrogens (tertiary/aromatic N) is 3. The summed E-state index contributed by atoms with van der Waals surface area (Å²) in [6.07, 6.45) is 1.03. The fourth-order valence-electron chi connectivity index (χ4n) is 4.26. The molecule has 0 aliphatic carbocycles. The molecular weight excluding hydrogens is 382 g/mol. The molecule has 0 amide bonds. The summed E-state index contributed by atoms with van der Waals surface area (Å²) in [4.78, 5) is 13.6. The van der Waals surface area contributed by atoms with Crippen LogP contribution >= 0.6 is 0 Å². The monoisotopic (exact) mass is 411 g/mol. The first-order valence-electron chi connectivity index (χ1n) is 10.4. The molecule has 2 aliphatic heterocycles. The molecule has 1 unspecified atom stereocenters. The highest BCUT2D eigenvalue weighted by atomic mass is 16.6. The lowest BCUT2D eigenvalue weighted by atomic mass is 9.86. The molecule has 3 heterocycles. The Bertz CT molecular complexity index is 923. The van der Waals surface area contributed by atoms with Crippen molar-refractivity contribution in [3.05, 3.63) is 41.9 Å². The Labute approximate surface area is 176 Å². The van der Waals surface area contributed by atoms with E-state index in [-0.39, 0.29) is 17.9 Å². The maximum absolute atomic E-state index is 10.6. The standard InChI is InChI=1S/C23H29N3O4/c1-23(2,3)14-8-6-13(7-9-14)17-19-18(26-12-25-17)15(5-4-10-24-19)22-21(29)20(28)16(11-27)30-22/h6-10,12,15-16,20-22,27-29H,4-5,11H2,1-3H3/t15-,16+,20+,21+,22?/m0/s1. The van der Waals surface area contributed by atoms with Gasteiger partial charge in [-0.05, 0) is 23.8 Å². The first kappa shape index (κ1) is 21.1. The predicted molar refractivity (Wildman–Crippen MR) is 114 cm³/mol. The van der Waals surface area contributed by atoms with E-state index in [9.17, 15) is 15.3 Å². The quantitative estimate of drug-likeness (QED) is 0.716. The molecule has 1 fully saturated rings. The number of hydrogen-bond acceptors (Lipinski definition) is 7. The number of rotatable bonds is 3. The number of aliphatic hydroxyl groups excluding tert-OH is 3. The zero-order chi connectivity index (χ0) is 21.5. The first-order valence-corrected chi connectivity index (χ1v) is 10.4. The van der Waals surface area contributed by atoms with Crippen molar-refractivity contribution in [3.8, 4) is 11.3 Å². The number of aliphatic imine (C=N–C) groups is 1. The normalized spacial score (nSPS) is 28.9. The van der Waals surface area contributed by atoms with E-state index >= 15 is 0 Å². The Morgan fingerprint density at radius 2 is 1.80 bits per heavy atom. The second kappa shape index (κ2) is 8.15. The van der Waals surface area contributed by atoms with E-state index in [0.717, 1.165) is 11.3 Å². The summed E-state index contributed by atoms with van der Waals surface area (Å²) in [5, 5.41) is 30.2. The van der Waals surface area contributed by atoms with Crippen molar-refractivity contribution < 1.29 is 20.1 Å². The van der Waals surface area contributed by atoms with Crippen LogP contribution in [0.1, 0.15) is 50.8 Å². The first-order chi connectivity index (χ1) is 14.3. The largest absolute Gasteiger partial charge is 0.394 e. The van der Waals surface area contributed by atoms with Gasteiger partial charge in [0, 0.05) is 17.7 Å². The molecule has 0 saturated carbocycles. The van der Waals surface area contributed by atoms with E-state index in [0.29, 0.717) is 24.2 Å². The Hall–Kier alpha value is -2.19. The van der Waals surface area contributed by atoms with E-state index in [1.54, 1.807) is 0 Å². The number of aliphatic hydroxyl groups is 3. The van der Waals surface area contributed by atoms with Crippen LogP contribution in [0.3, 0.4) is 0 Å². The van der Waals surface area contributed by atoms with Gasteiger partial charge in [-0.1, -0.05) is 45.0 Å². The SMILES string of the molecule is CC(C)(C)c1ccc(-c2ncnc3c2N=CCC[C@@H]3C2O[C@H](CO)[C@@H](O)[C@H]2O)cc1. The Kier molecular flexibility index (Phi) is 5.72. The van der Waals surface area contributed by atoms with Crippen LogP contribution in [0.25, 0.3) is 11.3 Å². The second-order valence-electron chi connectivity index (χ2n) is 9.08. The van der Waals surface area contributed by atoms with Gasteiger partial charge in [0.15, 0.2) is 0 Å². The molecule has 30 heavy (non-hydrogen) atoms. The van der Waals surface area contributed by atoms with Gasteiger partial charge >= 0.3 is 0 Å². The van der Waals surface area contributed by atoms with Crippen molar-refractivity contribution in [1.82, 2.24) is 9.97 Å². The zero-order valence-electron chi connectivity index (χ0n) is 17.6. The highest BCUT2D eigenvalue weighted by molar-refractivity contribution is 5.78. The average Bonchev–Trinajstić information content (AvgIpc) is 2.90. The third-order valence-electron chi connectivity index (χ3n) is 6.03. The molecule has 1 aromatic heterocycles. The maximum Gasteiger partial charge on any atom is 0.116 e. The molecule has 2 aliphatic rings. The van der Waals surface area contributed by atoms with E-state index in [1.807, 2.05) is 18.3 Å². The highest BCUT2D eigenvalue weighted by Gasteiger charge is 2.47. The van der Waals surface area contributed by atoms with Gasteiger partial charge in [-0.3, -0.25) is 4.99 Å². The molecule has 7 nitrogen and oxygen atoms in total. The van der Waals surface area contributed by atoms with Gasteiger partial charge in [0.1, 0.15) is 30.3 Å². The third-order valence-corrected chi connectivity index (χ3v) is 6.03. The molecule has 0 spiro atoms. The molecular formula is C23H29N3O4. The number of ether oxygens (including phenoxy) is 1. The van der Waals surface area contributed by atoms with E-state index in [4.69, 9.17) is 4.74 Å². The molecule has 2 aromatic rings. The fraction of sp³-hybridized carbons (Fsp3) is 0.522. The van der Waals surface area contributed by atoms with E-state index in [2.05, 4.69) is 47.9 Å². The minimum atomic E-state index is -1.13. The lowest BCUT2D eigenvalue weighted by Crippen LogP contribution is -2.36. The Morgan fingerprint density at radius 1 is 1.07 bits per heavy atom. The van der Waals surface area contributed by atoms with Crippen LogP contribution in [0.4, 0.5) is 5.69 Å². The molecule has 4 rings (SSSR count). The second-order valence-corrected chi connectivity index (χ2v) is 9.08. The summed E-state index contributed by atoms with van der Waals surface area (Å²) in [6, 6.07) is 8.30. The van der Waals surface area contributed by atoms with Crippen LogP contribution in [0.15, 0.2) is 35.6 Å². The van der Waals surface area contributed by atoms with E-state index < -0.39 is 24.4 Å². The summed E-state index contributed by atoms with van der Waals surface area (Å²) in [6.45, 7) is 6.18. The predicted octanol–water partition coefficient (Wildman–Crippen LogP) is 2.50. The summed E-state index contributed by atoms with van der Waals surface area (Å²) in [5.74, 6) is -0.265. The smallest absolute Gasteiger partial charge is 0.116 e. The summed E-state index contributed by atoms with van der Waals surface area (Å²) < 4.78 is 5.82. The molecule has 5 atom stereocenters. The van der Waals surface area contributed by atoms with Gasteiger partial charge in [0.2, 0.25) is 0 Å². The fourth-order valence-corrected chi connectivity index (χ4v) is 4.26. The molecule has 3 N–H and O–H groups in total. The van der Waals surface area contributed by atoms with Crippen LogP contribution in [-0.4, -0.2) is 62.5 Å². The van der Waals surface area contributed by atoms with Gasteiger partial charge in [0.25, 0.3) is 0 Å². The van der Waals surface area contributed by atoms with Crippen molar-refractivity contribution in [2.24, 2.45) is 4.99 Å². The topological polar surface area (TPSA) is 108 Å². The van der Waals surface area contributed by atoms with Gasteiger partial charge in [-0.15, -0.1) is 0 Å². The number of aromatic nitrogens is 2. The number of hydrogen-bond donors (Lipinski definition) is 3. The molecule has 1 saturated heterocycles. The summed E-state index contributed by atoms with van der Waals surface area (Å²) >= 11 is 0. The lowest BCUT2D eigenvalue weighted by molar-refractivity contribution is -0.0314. The van der Waals surface area contributed by atoms with E-state index in [1.165, 1.54) is 11.9 Å². The number of benzene rings is 1. The maximum atomic E-state index is 10.6. The van der Waals surface area contributed by atoms with Gasteiger partial charge in [0.05, 0.1) is 24.1 Å². The summed E-state index contributed by atoms with van der Waals surface area (Å²) in [5.41, 5.74) is 4.34. The Balaban J connectivity index is 1.73. The van der Waals surface area contributed by atoms with Gasteiger partial charge in [-0.25, -0.2) is 9.97 Å². The van der Waals surface area contributed by atoms with Crippen LogP contribution in [-0.2, 0) is 10.2 Å². The van der Waals surface area contributed by atoms with Crippen molar-refractivity contribution in [2.45, 2.75) is 69.4 Å². The molecule has 1 aromatic carbocycles. The van der Waals surface area contributed by atoms with Crippen molar-refractivity contribution in [2.75, 3.05) is 6.61 Å².